The summed E-state index contributed by atoms with van der Waals surface area (Å²) in [7, 11) is 1.40. The van der Waals surface area contributed by atoms with Crippen molar-refractivity contribution in [1.29, 1.82) is 0 Å². The Hall–Kier alpha value is -1.59. The van der Waals surface area contributed by atoms with Crippen molar-refractivity contribution in [2.45, 2.75) is 19.4 Å². The van der Waals surface area contributed by atoms with Crippen molar-refractivity contribution in [3.05, 3.63) is 29.3 Å². The molecule has 1 N–H and O–H groups in total. The van der Waals surface area contributed by atoms with Gasteiger partial charge < -0.3 is 9.84 Å². The van der Waals surface area contributed by atoms with E-state index in [2.05, 4.69) is 0 Å². The number of aliphatic carboxylic acids is 1. The van der Waals surface area contributed by atoms with Crippen molar-refractivity contribution in [3.8, 4) is 0 Å². The van der Waals surface area contributed by atoms with Crippen molar-refractivity contribution in [1.82, 2.24) is 0 Å². The maximum atomic E-state index is 12.3. The van der Waals surface area contributed by atoms with Gasteiger partial charge in [-0.1, -0.05) is 17.7 Å². The molecule has 0 saturated heterocycles. The molecule has 5 nitrogen and oxygen atoms in total. The minimum Gasteiger partial charge on any atom is -0.480 e. The lowest BCUT2D eigenvalue weighted by molar-refractivity contribution is -0.141. The number of carboxylic acids is 1. The minimum atomic E-state index is -1.11. The van der Waals surface area contributed by atoms with Gasteiger partial charge in [-0.25, -0.2) is 0 Å². The third-order valence-electron chi connectivity index (χ3n) is 2.68. The van der Waals surface area contributed by atoms with Gasteiger partial charge in [0.25, 0.3) is 5.91 Å². The van der Waals surface area contributed by atoms with Crippen LogP contribution in [0.2, 0.25) is 5.02 Å². The highest BCUT2D eigenvalue weighted by atomic mass is 35.5. The summed E-state index contributed by atoms with van der Waals surface area (Å²) in [5.41, 5.74) is -0.692. The van der Waals surface area contributed by atoms with Gasteiger partial charge in [-0.3, -0.25) is 14.5 Å². The number of hydrogen-bond donors (Lipinski definition) is 1. The summed E-state index contributed by atoms with van der Waals surface area (Å²) in [5.74, 6) is -1.56. The fraction of sp³-hybridized carbons (Fsp3) is 0.385. The Kier molecular flexibility index (Phi) is 4.91. The maximum Gasteiger partial charge on any atom is 0.323 e. The van der Waals surface area contributed by atoms with Crippen molar-refractivity contribution < 1.29 is 19.4 Å². The molecule has 0 aromatic heterocycles. The number of methoxy groups -OCH3 is 1. The standard InChI is InChI=1S/C13H16ClNO4/c1-13(2,19-3)12(18)15(8-11(16)17)10-6-4-5-9(14)7-10/h4-7H,8H2,1-3H3,(H,16,17). The van der Waals surface area contributed by atoms with E-state index in [1.54, 1.807) is 32.0 Å². The number of benzene rings is 1. The number of ether oxygens (including phenoxy) is 1. The van der Waals surface area contributed by atoms with Gasteiger partial charge in [-0.15, -0.1) is 0 Å². The van der Waals surface area contributed by atoms with Crippen LogP contribution >= 0.6 is 11.6 Å². The van der Waals surface area contributed by atoms with Crippen molar-refractivity contribution in [2.24, 2.45) is 0 Å². The van der Waals surface area contributed by atoms with Gasteiger partial charge in [-0.2, -0.15) is 0 Å². The molecule has 0 aliphatic carbocycles. The molecule has 0 heterocycles. The van der Waals surface area contributed by atoms with Crippen LogP contribution in [0, 0.1) is 0 Å². The largest absolute Gasteiger partial charge is 0.480 e. The first-order chi connectivity index (χ1) is 8.77. The molecule has 0 spiro atoms. The second kappa shape index (κ2) is 6.04. The summed E-state index contributed by atoms with van der Waals surface area (Å²) in [6.07, 6.45) is 0. The Morgan fingerprint density at radius 1 is 1.42 bits per heavy atom. The first kappa shape index (κ1) is 15.5. The van der Waals surface area contributed by atoms with Crippen molar-refractivity contribution in [3.63, 3.8) is 0 Å². The number of anilines is 1. The second-order valence-corrected chi connectivity index (χ2v) is 4.92. The van der Waals surface area contributed by atoms with Crippen LogP contribution in [0.3, 0.4) is 0 Å². The molecule has 0 radical (unpaired) electrons. The Labute approximate surface area is 116 Å². The first-order valence-electron chi connectivity index (χ1n) is 5.62. The molecule has 1 amide bonds. The molecule has 104 valence electrons. The number of amides is 1. The molecular formula is C13H16ClNO4. The number of carboxylic acid groups (broad SMARTS) is 1. The van der Waals surface area contributed by atoms with Crippen LogP contribution in [0.4, 0.5) is 5.69 Å². The van der Waals surface area contributed by atoms with E-state index < -0.39 is 24.0 Å². The lowest BCUT2D eigenvalue weighted by Gasteiger charge is -2.30. The van der Waals surface area contributed by atoms with E-state index >= 15 is 0 Å². The van der Waals surface area contributed by atoms with Gasteiger partial charge in [0.15, 0.2) is 0 Å². The fourth-order valence-electron chi connectivity index (χ4n) is 1.47. The van der Waals surface area contributed by atoms with Crippen LogP contribution in [0.25, 0.3) is 0 Å². The van der Waals surface area contributed by atoms with Gasteiger partial charge in [0.2, 0.25) is 0 Å². The summed E-state index contributed by atoms with van der Waals surface area (Å²) in [4.78, 5) is 24.4. The number of halogens is 1. The molecular weight excluding hydrogens is 270 g/mol. The number of carbonyl (C=O) groups is 2. The van der Waals surface area contributed by atoms with E-state index in [0.29, 0.717) is 10.7 Å². The highest BCUT2D eigenvalue weighted by Crippen LogP contribution is 2.23. The van der Waals surface area contributed by atoms with Crippen LogP contribution in [-0.2, 0) is 14.3 Å². The third kappa shape index (κ3) is 3.94. The zero-order chi connectivity index (χ0) is 14.6. The van der Waals surface area contributed by atoms with E-state index in [-0.39, 0.29) is 0 Å². The van der Waals surface area contributed by atoms with E-state index in [9.17, 15) is 9.59 Å². The van der Waals surface area contributed by atoms with Crippen LogP contribution < -0.4 is 4.90 Å². The highest BCUT2D eigenvalue weighted by Gasteiger charge is 2.33. The Balaban J connectivity index is 3.15. The van der Waals surface area contributed by atoms with Crippen molar-refractivity contribution in [2.75, 3.05) is 18.6 Å². The van der Waals surface area contributed by atoms with Crippen LogP contribution in [0.15, 0.2) is 24.3 Å². The van der Waals surface area contributed by atoms with E-state index in [1.165, 1.54) is 13.2 Å². The quantitative estimate of drug-likeness (QED) is 0.900. The molecule has 1 aromatic carbocycles. The summed E-state index contributed by atoms with van der Waals surface area (Å²) in [5, 5.41) is 9.36. The first-order valence-corrected chi connectivity index (χ1v) is 6.00. The SMILES string of the molecule is COC(C)(C)C(=O)N(CC(=O)O)c1cccc(Cl)c1. The highest BCUT2D eigenvalue weighted by molar-refractivity contribution is 6.31. The van der Waals surface area contributed by atoms with Crippen LogP contribution in [0.1, 0.15) is 13.8 Å². The zero-order valence-electron chi connectivity index (χ0n) is 11.0. The molecule has 0 atom stereocenters. The predicted octanol–water partition coefficient (Wildman–Crippen LogP) is 2.18. The van der Waals surface area contributed by atoms with E-state index in [0.717, 1.165) is 4.90 Å². The van der Waals surface area contributed by atoms with E-state index in [4.69, 9.17) is 21.4 Å². The number of rotatable bonds is 5. The summed E-state index contributed by atoms with van der Waals surface area (Å²) >= 11 is 5.86. The molecule has 0 aliphatic heterocycles. The molecule has 0 aliphatic rings. The monoisotopic (exact) mass is 285 g/mol. The molecule has 1 aromatic rings. The van der Waals surface area contributed by atoms with Gasteiger partial charge in [0, 0.05) is 17.8 Å². The summed E-state index contributed by atoms with van der Waals surface area (Å²) in [6, 6.07) is 6.46. The fourth-order valence-corrected chi connectivity index (χ4v) is 1.66. The average molecular weight is 286 g/mol. The van der Waals surface area contributed by atoms with Gasteiger partial charge in [-0.05, 0) is 32.0 Å². The van der Waals surface area contributed by atoms with Gasteiger partial charge >= 0.3 is 5.97 Å². The molecule has 19 heavy (non-hydrogen) atoms. The smallest absolute Gasteiger partial charge is 0.323 e. The van der Waals surface area contributed by atoms with Crippen molar-refractivity contribution >= 4 is 29.2 Å². The Morgan fingerprint density at radius 3 is 2.53 bits per heavy atom. The Bertz CT molecular complexity index is 487. The summed E-state index contributed by atoms with van der Waals surface area (Å²) < 4.78 is 5.10. The Morgan fingerprint density at radius 2 is 2.05 bits per heavy atom. The normalized spacial score (nSPS) is 11.2. The molecule has 1 rings (SSSR count). The van der Waals surface area contributed by atoms with Crippen LogP contribution in [-0.4, -0.2) is 36.2 Å². The molecule has 0 fully saturated rings. The average Bonchev–Trinajstić information content (AvgIpc) is 2.34. The number of nitrogens with zero attached hydrogens (tertiary/aromatic N) is 1. The van der Waals surface area contributed by atoms with Crippen LogP contribution in [0.5, 0.6) is 0 Å². The lowest BCUT2D eigenvalue weighted by atomic mass is 10.1. The molecule has 0 saturated carbocycles. The predicted molar refractivity (Wildman–Crippen MR) is 72.5 cm³/mol. The molecule has 0 unspecified atom stereocenters. The topological polar surface area (TPSA) is 66.8 Å². The summed E-state index contributed by atoms with van der Waals surface area (Å²) in [6.45, 7) is 2.70. The molecule has 6 heteroatoms. The van der Waals surface area contributed by atoms with Gasteiger partial charge in [0.05, 0.1) is 0 Å². The second-order valence-electron chi connectivity index (χ2n) is 4.48. The minimum absolute atomic E-state index is 0.421. The maximum absolute atomic E-state index is 12.3. The van der Waals surface area contributed by atoms with E-state index in [1.807, 2.05) is 0 Å². The number of hydrogen-bond acceptors (Lipinski definition) is 3. The molecule has 0 bridgehead atoms. The third-order valence-corrected chi connectivity index (χ3v) is 2.92. The zero-order valence-corrected chi connectivity index (χ0v) is 11.8. The lowest BCUT2D eigenvalue weighted by Crippen LogP contribution is -2.48. The van der Waals surface area contributed by atoms with Gasteiger partial charge in [0.1, 0.15) is 12.1 Å². The number of carbonyl (C=O) groups excluding carboxylic acids is 1.